The van der Waals surface area contributed by atoms with Gasteiger partial charge in [0.15, 0.2) is 35.4 Å². The van der Waals surface area contributed by atoms with Crippen molar-refractivity contribution in [2.75, 3.05) is 26.8 Å². The Morgan fingerprint density at radius 2 is 1.67 bits per heavy atom. The zero-order valence-electron chi connectivity index (χ0n) is 16.5. The number of methoxy groups -OCH3 is 1. The lowest BCUT2D eigenvalue weighted by Crippen LogP contribution is -2.47. The van der Waals surface area contributed by atoms with E-state index in [1.807, 2.05) is 6.07 Å². The molecule has 4 N–H and O–H groups in total. The minimum Gasteiger partial charge on any atom is -0.504 e. The van der Waals surface area contributed by atoms with Crippen LogP contribution in [0.15, 0.2) is 36.4 Å². The van der Waals surface area contributed by atoms with Gasteiger partial charge in [0, 0.05) is 24.7 Å². The molecule has 2 amide bonds. The van der Waals surface area contributed by atoms with Crippen molar-refractivity contribution in [3.05, 3.63) is 42.0 Å². The Labute approximate surface area is 173 Å². The summed E-state index contributed by atoms with van der Waals surface area (Å²) in [6.45, 7) is 0.657. The maximum Gasteiger partial charge on any atom is 0.258 e. The molecule has 0 radical (unpaired) electrons. The predicted molar refractivity (Wildman–Crippen MR) is 107 cm³/mol. The molecule has 0 aromatic heterocycles. The smallest absolute Gasteiger partial charge is 0.258 e. The number of phenols is 3. The fourth-order valence-electron chi connectivity index (χ4n) is 3.29. The number of aromatic hydroxyl groups is 3. The molecule has 0 atom stereocenters. The lowest BCUT2D eigenvalue weighted by Gasteiger charge is -2.32. The van der Waals surface area contributed by atoms with Gasteiger partial charge in [-0.25, -0.2) is 0 Å². The highest BCUT2D eigenvalue weighted by molar-refractivity contribution is 5.95. The van der Waals surface area contributed by atoms with E-state index in [9.17, 15) is 24.9 Å². The Balaban J connectivity index is 1.48. The van der Waals surface area contributed by atoms with Crippen LogP contribution in [0.25, 0.3) is 0 Å². The van der Waals surface area contributed by atoms with E-state index < -0.39 is 17.2 Å². The van der Waals surface area contributed by atoms with Gasteiger partial charge in [-0.05, 0) is 37.1 Å². The lowest BCUT2D eigenvalue weighted by atomic mass is 10.0. The van der Waals surface area contributed by atoms with Gasteiger partial charge in [-0.2, -0.15) is 0 Å². The normalized spacial score (nSPS) is 14.2. The summed E-state index contributed by atoms with van der Waals surface area (Å²) in [5, 5.41) is 31.5. The van der Waals surface area contributed by atoms with Crippen molar-refractivity contribution in [1.29, 1.82) is 0 Å². The zero-order valence-corrected chi connectivity index (χ0v) is 16.5. The minimum absolute atomic E-state index is 0.0792. The largest absolute Gasteiger partial charge is 0.504 e. The molecule has 9 heteroatoms. The lowest BCUT2D eigenvalue weighted by molar-refractivity contribution is -0.124. The predicted octanol–water partition coefficient (Wildman–Crippen LogP) is 1.61. The highest BCUT2D eigenvalue weighted by Gasteiger charge is 2.26. The van der Waals surface area contributed by atoms with Crippen LogP contribution in [0.3, 0.4) is 0 Å². The first kappa shape index (κ1) is 21.1. The molecule has 1 aliphatic heterocycles. The van der Waals surface area contributed by atoms with Crippen molar-refractivity contribution in [3.8, 4) is 28.7 Å². The Hall–Kier alpha value is -3.62. The molecule has 1 aliphatic rings. The molecule has 30 heavy (non-hydrogen) atoms. The van der Waals surface area contributed by atoms with Crippen molar-refractivity contribution < 1.29 is 34.4 Å². The average molecular weight is 416 g/mol. The Bertz CT molecular complexity index is 900. The second-order valence-electron chi connectivity index (χ2n) is 6.94. The van der Waals surface area contributed by atoms with Crippen LogP contribution in [0.2, 0.25) is 0 Å². The molecular weight excluding hydrogens is 392 g/mol. The zero-order chi connectivity index (χ0) is 21.7. The second-order valence-corrected chi connectivity index (χ2v) is 6.94. The highest BCUT2D eigenvalue weighted by Crippen LogP contribution is 2.35. The Kier molecular flexibility index (Phi) is 6.51. The summed E-state index contributed by atoms with van der Waals surface area (Å²) in [7, 11) is 1.53. The minimum atomic E-state index is -0.664. The number of carbonyl (C=O) groups is 2. The van der Waals surface area contributed by atoms with E-state index in [1.165, 1.54) is 7.11 Å². The van der Waals surface area contributed by atoms with Gasteiger partial charge in [-0.15, -0.1) is 0 Å². The number of nitrogens with one attached hydrogen (secondary N) is 1. The second kappa shape index (κ2) is 9.25. The molecule has 2 aromatic rings. The third-order valence-electron chi connectivity index (χ3n) is 4.89. The van der Waals surface area contributed by atoms with Crippen molar-refractivity contribution in [1.82, 2.24) is 10.2 Å². The van der Waals surface area contributed by atoms with Gasteiger partial charge in [-0.1, -0.05) is 12.1 Å². The van der Waals surface area contributed by atoms with Gasteiger partial charge >= 0.3 is 0 Å². The van der Waals surface area contributed by atoms with Crippen LogP contribution in [-0.2, 0) is 4.79 Å². The topological polar surface area (TPSA) is 129 Å². The summed E-state index contributed by atoms with van der Waals surface area (Å²) in [6, 6.07) is 9.19. The number of benzene rings is 2. The molecule has 1 heterocycles. The third-order valence-corrected chi connectivity index (χ3v) is 4.89. The summed E-state index contributed by atoms with van der Waals surface area (Å²) >= 11 is 0. The van der Waals surface area contributed by atoms with Gasteiger partial charge in [0.2, 0.25) is 0 Å². The average Bonchev–Trinajstić information content (AvgIpc) is 2.76. The highest BCUT2D eigenvalue weighted by atomic mass is 16.5. The first-order valence-corrected chi connectivity index (χ1v) is 9.48. The molecule has 0 unspecified atom stereocenters. The van der Waals surface area contributed by atoms with E-state index in [1.54, 1.807) is 23.1 Å². The van der Waals surface area contributed by atoms with Gasteiger partial charge in [0.1, 0.15) is 0 Å². The SMILES string of the molecule is COc1ccccc1OCC(=O)NC1CCN(C(=O)c2cc(O)c(O)c(O)c2)CC1. The standard InChI is InChI=1S/C21H24N2O7/c1-29-17-4-2-3-5-18(17)30-12-19(26)22-14-6-8-23(9-7-14)21(28)13-10-15(24)20(27)16(25)11-13/h2-5,10-11,14,24-25,27H,6-9,12H2,1H3,(H,22,26). The Morgan fingerprint density at radius 3 is 2.27 bits per heavy atom. The van der Waals surface area contributed by atoms with E-state index in [0.29, 0.717) is 37.4 Å². The summed E-state index contributed by atoms with van der Waals surface area (Å²) in [5.74, 6) is -1.39. The third kappa shape index (κ3) is 4.86. The van der Waals surface area contributed by atoms with Crippen molar-refractivity contribution in [2.45, 2.75) is 18.9 Å². The number of nitrogens with zero attached hydrogens (tertiary/aromatic N) is 1. The molecule has 0 spiro atoms. The summed E-state index contributed by atoms with van der Waals surface area (Å²) < 4.78 is 10.7. The van der Waals surface area contributed by atoms with Gasteiger partial charge in [0.25, 0.3) is 11.8 Å². The number of amides is 2. The molecule has 1 saturated heterocycles. The summed E-state index contributed by atoms with van der Waals surface area (Å²) in [4.78, 5) is 26.3. The maximum atomic E-state index is 12.6. The molecule has 2 aromatic carbocycles. The Morgan fingerprint density at radius 1 is 1.07 bits per heavy atom. The number of para-hydroxylation sites is 2. The number of hydrogen-bond donors (Lipinski definition) is 4. The van der Waals surface area contributed by atoms with E-state index in [4.69, 9.17) is 9.47 Å². The number of piperidine rings is 1. The van der Waals surface area contributed by atoms with Crippen molar-refractivity contribution in [2.24, 2.45) is 0 Å². The van der Waals surface area contributed by atoms with Crippen LogP contribution in [0, 0.1) is 0 Å². The fourth-order valence-corrected chi connectivity index (χ4v) is 3.29. The van der Waals surface area contributed by atoms with Gasteiger partial charge in [0.05, 0.1) is 7.11 Å². The van der Waals surface area contributed by atoms with Crippen molar-refractivity contribution >= 4 is 11.8 Å². The number of likely N-dealkylation sites (tertiary alicyclic amines) is 1. The molecule has 3 rings (SSSR count). The summed E-state index contributed by atoms with van der Waals surface area (Å²) in [6.07, 6.45) is 1.12. The van der Waals surface area contributed by atoms with Gasteiger partial charge < -0.3 is 35.0 Å². The van der Waals surface area contributed by atoms with Crippen LogP contribution in [0.4, 0.5) is 0 Å². The number of rotatable bonds is 6. The molecular formula is C21H24N2O7. The number of hydrogen-bond acceptors (Lipinski definition) is 7. The maximum absolute atomic E-state index is 12.6. The van der Waals surface area contributed by atoms with Crippen LogP contribution in [0.5, 0.6) is 28.7 Å². The molecule has 1 fully saturated rings. The van der Waals surface area contributed by atoms with E-state index in [0.717, 1.165) is 12.1 Å². The fraction of sp³-hybridized carbons (Fsp3) is 0.333. The quantitative estimate of drug-likeness (QED) is 0.527. The first-order valence-electron chi connectivity index (χ1n) is 9.48. The molecule has 0 aliphatic carbocycles. The number of carbonyl (C=O) groups excluding carboxylic acids is 2. The van der Waals surface area contributed by atoms with Crippen LogP contribution in [0.1, 0.15) is 23.2 Å². The van der Waals surface area contributed by atoms with E-state index in [2.05, 4.69) is 5.32 Å². The molecule has 0 bridgehead atoms. The molecule has 0 saturated carbocycles. The molecule has 9 nitrogen and oxygen atoms in total. The van der Waals surface area contributed by atoms with Gasteiger partial charge in [-0.3, -0.25) is 9.59 Å². The van der Waals surface area contributed by atoms with E-state index >= 15 is 0 Å². The van der Waals surface area contributed by atoms with Crippen LogP contribution in [-0.4, -0.2) is 64.9 Å². The number of phenolic OH excluding ortho intramolecular Hbond substituents is 3. The monoisotopic (exact) mass is 416 g/mol. The number of ether oxygens (including phenoxy) is 2. The first-order chi connectivity index (χ1) is 14.4. The van der Waals surface area contributed by atoms with Crippen LogP contribution < -0.4 is 14.8 Å². The molecule has 160 valence electrons. The van der Waals surface area contributed by atoms with Crippen LogP contribution >= 0.6 is 0 Å². The van der Waals surface area contributed by atoms with E-state index in [-0.39, 0.29) is 30.0 Å². The summed E-state index contributed by atoms with van der Waals surface area (Å²) in [5.41, 5.74) is 0.0792. The van der Waals surface area contributed by atoms with Crippen molar-refractivity contribution in [3.63, 3.8) is 0 Å².